The normalized spacial score (nSPS) is 27.0. The first-order valence-electron chi connectivity index (χ1n) is 7.96. The van der Waals surface area contributed by atoms with Crippen molar-refractivity contribution in [1.29, 1.82) is 0 Å². The SMILES string of the molecule is C#CCC1(S(=O)(=O)c2ccc(C)cc2)CCCC2(C1)OCCO2. The maximum Gasteiger partial charge on any atom is 0.185 e. The molecule has 2 aliphatic rings. The maximum atomic E-state index is 13.3. The monoisotopic (exact) mass is 334 g/mol. The Bertz CT molecular complexity index is 708. The van der Waals surface area contributed by atoms with Crippen molar-refractivity contribution in [3.05, 3.63) is 29.8 Å². The topological polar surface area (TPSA) is 52.6 Å². The van der Waals surface area contributed by atoms with Crippen molar-refractivity contribution >= 4 is 9.84 Å². The smallest absolute Gasteiger partial charge is 0.185 e. The predicted octanol–water partition coefficient (Wildman–Crippen LogP) is 2.85. The molecule has 1 aromatic rings. The summed E-state index contributed by atoms with van der Waals surface area (Å²) in [5.74, 6) is 1.80. The molecule has 0 aromatic heterocycles. The van der Waals surface area contributed by atoms with Gasteiger partial charge in [0.2, 0.25) is 0 Å². The minimum Gasteiger partial charge on any atom is -0.347 e. The molecule has 1 heterocycles. The summed E-state index contributed by atoms with van der Waals surface area (Å²) in [6, 6.07) is 6.97. The van der Waals surface area contributed by atoms with Gasteiger partial charge in [0.05, 0.1) is 22.9 Å². The van der Waals surface area contributed by atoms with Gasteiger partial charge in [-0.15, -0.1) is 12.3 Å². The van der Waals surface area contributed by atoms with Crippen LogP contribution in [0.5, 0.6) is 0 Å². The number of ether oxygens (including phenoxy) is 2. The minimum absolute atomic E-state index is 0.178. The predicted molar refractivity (Wildman–Crippen MR) is 87.6 cm³/mol. The zero-order valence-corrected chi connectivity index (χ0v) is 14.2. The van der Waals surface area contributed by atoms with Crippen molar-refractivity contribution < 1.29 is 17.9 Å². The van der Waals surface area contributed by atoms with Gasteiger partial charge in [0.1, 0.15) is 0 Å². The number of terminal acetylenes is 1. The summed E-state index contributed by atoms with van der Waals surface area (Å²) < 4.78 is 37.2. The lowest BCUT2D eigenvalue weighted by Crippen LogP contribution is -2.50. The highest BCUT2D eigenvalue weighted by Crippen LogP contribution is 2.48. The molecule has 5 heteroatoms. The molecule has 0 amide bonds. The Balaban J connectivity index is 2.03. The van der Waals surface area contributed by atoms with Crippen LogP contribution in [-0.4, -0.2) is 32.2 Å². The molecule has 0 radical (unpaired) electrons. The largest absolute Gasteiger partial charge is 0.347 e. The summed E-state index contributed by atoms with van der Waals surface area (Å²) in [5, 5.41) is 0. The maximum absolute atomic E-state index is 13.3. The van der Waals surface area contributed by atoms with E-state index in [1.165, 1.54) is 0 Å². The molecule has 3 rings (SSSR count). The summed E-state index contributed by atoms with van der Waals surface area (Å²) >= 11 is 0. The van der Waals surface area contributed by atoms with Crippen LogP contribution in [0.3, 0.4) is 0 Å². The molecule has 1 aliphatic carbocycles. The molecule has 124 valence electrons. The number of hydrogen-bond donors (Lipinski definition) is 0. The van der Waals surface area contributed by atoms with Gasteiger partial charge in [0.15, 0.2) is 15.6 Å². The van der Waals surface area contributed by atoms with E-state index in [0.717, 1.165) is 18.4 Å². The standard InChI is InChI=1S/C18H22O4S/c1-3-9-17(10-4-11-18(14-17)21-12-13-22-18)23(19,20)16-7-5-15(2)6-8-16/h1,5-8H,4,9-14H2,2H3. The van der Waals surface area contributed by atoms with Crippen molar-refractivity contribution in [2.75, 3.05) is 13.2 Å². The number of rotatable bonds is 3. The second-order valence-electron chi connectivity index (χ2n) is 6.52. The Hall–Kier alpha value is -1.35. The summed E-state index contributed by atoms with van der Waals surface area (Å²) in [7, 11) is -3.57. The Kier molecular flexibility index (Phi) is 4.26. The number of aryl methyl sites for hydroxylation is 1. The average molecular weight is 334 g/mol. The van der Waals surface area contributed by atoms with Crippen molar-refractivity contribution in [2.45, 2.75) is 54.5 Å². The zero-order chi connectivity index (χ0) is 16.6. The molecule has 2 fully saturated rings. The summed E-state index contributed by atoms with van der Waals surface area (Å²) in [4.78, 5) is 0.327. The Morgan fingerprint density at radius 3 is 2.43 bits per heavy atom. The first-order chi connectivity index (χ1) is 10.9. The van der Waals surface area contributed by atoms with E-state index in [9.17, 15) is 8.42 Å². The Morgan fingerprint density at radius 2 is 1.83 bits per heavy atom. The van der Waals surface area contributed by atoms with Crippen LogP contribution < -0.4 is 0 Å². The lowest BCUT2D eigenvalue weighted by atomic mass is 9.82. The second-order valence-corrected chi connectivity index (χ2v) is 8.86. The van der Waals surface area contributed by atoms with E-state index in [4.69, 9.17) is 15.9 Å². The molecule has 1 spiro atoms. The molecular formula is C18H22O4S. The molecule has 1 aromatic carbocycles. The van der Waals surface area contributed by atoms with Crippen LogP contribution in [-0.2, 0) is 19.3 Å². The van der Waals surface area contributed by atoms with Gasteiger partial charge in [-0.1, -0.05) is 17.7 Å². The van der Waals surface area contributed by atoms with Crippen molar-refractivity contribution in [3.8, 4) is 12.3 Å². The summed E-state index contributed by atoms with van der Waals surface area (Å²) in [6.07, 6.45) is 8.02. The molecule has 1 saturated heterocycles. The molecule has 0 bridgehead atoms. The summed E-state index contributed by atoms with van der Waals surface area (Å²) in [5.41, 5.74) is 1.03. The lowest BCUT2D eigenvalue weighted by molar-refractivity contribution is -0.183. The van der Waals surface area contributed by atoms with E-state index in [2.05, 4.69) is 5.92 Å². The Morgan fingerprint density at radius 1 is 1.17 bits per heavy atom. The van der Waals surface area contributed by atoms with Crippen LogP contribution in [0.1, 0.15) is 37.7 Å². The number of sulfone groups is 1. The van der Waals surface area contributed by atoms with Crippen molar-refractivity contribution in [1.82, 2.24) is 0 Å². The highest BCUT2D eigenvalue weighted by Gasteiger charge is 2.55. The third kappa shape index (κ3) is 2.80. The van der Waals surface area contributed by atoms with Gasteiger partial charge in [-0.3, -0.25) is 0 Å². The first-order valence-corrected chi connectivity index (χ1v) is 9.44. The van der Waals surface area contributed by atoms with E-state index in [0.29, 0.717) is 31.0 Å². The van der Waals surface area contributed by atoms with Crippen LogP contribution in [0, 0.1) is 19.3 Å². The van der Waals surface area contributed by atoms with Crippen LogP contribution in [0.15, 0.2) is 29.2 Å². The molecule has 1 saturated carbocycles. The van der Waals surface area contributed by atoms with Crippen LogP contribution >= 0.6 is 0 Å². The van der Waals surface area contributed by atoms with Gasteiger partial charge in [-0.2, -0.15) is 0 Å². The van der Waals surface area contributed by atoms with Crippen LogP contribution in [0.25, 0.3) is 0 Å². The van der Waals surface area contributed by atoms with E-state index in [1.54, 1.807) is 12.1 Å². The van der Waals surface area contributed by atoms with Gasteiger partial charge >= 0.3 is 0 Å². The number of hydrogen-bond acceptors (Lipinski definition) is 4. The average Bonchev–Trinajstić information content (AvgIpc) is 2.95. The van der Waals surface area contributed by atoms with Crippen molar-refractivity contribution in [2.24, 2.45) is 0 Å². The summed E-state index contributed by atoms with van der Waals surface area (Å²) in [6.45, 7) is 2.96. The zero-order valence-electron chi connectivity index (χ0n) is 13.4. The van der Waals surface area contributed by atoms with Crippen LogP contribution in [0.2, 0.25) is 0 Å². The van der Waals surface area contributed by atoms with Gasteiger partial charge < -0.3 is 9.47 Å². The van der Waals surface area contributed by atoms with Crippen molar-refractivity contribution in [3.63, 3.8) is 0 Å². The third-order valence-corrected chi connectivity index (χ3v) is 7.45. The molecule has 0 N–H and O–H groups in total. The fourth-order valence-electron chi connectivity index (χ4n) is 3.72. The number of benzene rings is 1. The van der Waals surface area contributed by atoms with Gasteiger partial charge in [-0.25, -0.2) is 8.42 Å². The van der Waals surface area contributed by atoms with Crippen LogP contribution in [0.4, 0.5) is 0 Å². The van der Waals surface area contributed by atoms with E-state index >= 15 is 0 Å². The van der Waals surface area contributed by atoms with Gasteiger partial charge in [0, 0.05) is 19.3 Å². The quantitative estimate of drug-likeness (QED) is 0.798. The fourth-order valence-corrected chi connectivity index (χ4v) is 5.81. The third-order valence-electron chi connectivity index (χ3n) is 4.92. The first kappa shape index (κ1) is 16.5. The van der Waals surface area contributed by atoms with E-state index in [1.807, 2.05) is 19.1 Å². The molecule has 1 unspecified atom stereocenters. The molecule has 23 heavy (non-hydrogen) atoms. The second kappa shape index (κ2) is 5.94. The lowest BCUT2D eigenvalue weighted by Gasteiger charge is -2.43. The fraction of sp³-hybridized carbons (Fsp3) is 0.556. The molecule has 1 atom stereocenters. The molecule has 1 aliphatic heterocycles. The highest BCUT2D eigenvalue weighted by atomic mass is 32.2. The highest BCUT2D eigenvalue weighted by molar-refractivity contribution is 7.92. The Labute approximate surface area is 138 Å². The molecular weight excluding hydrogens is 312 g/mol. The minimum atomic E-state index is -3.57. The molecule has 4 nitrogen and oxygen atoms in total. The van der Waals surface area contributed by atoms with E-state index in [-0.39, 0.29) is 6.42 Å². The van der Waals surface area contributed by atoms with E-state index < -0.39 is 20.4 Å². The van der Waals surface area contributed by atoms with Gasteiger partial charge in [0.25, 0.3) is 0 Å². The van der Waals surface area contributed by atoms with Gasteiger partial charge in [-0.05, 0) is 31.9 Å².